The Morgan fingerprint density at radius 1 is 1.23 bits per heavy atom. The van der Waals surface area contributed by atoms with Crippen LogP contribution in [0.4, 0.5) is 4.39 Å². The summed E-state index contributed by atoms with van der Waals surface area (Å²) in [5.41, 5.74) is 3.02. The predicted molar refractivity (Wildman–Crippen MR) is 101 cm³/mol. The lowest BCUT2D eigenvalue weighted by atomic mass is 10.2. The van der Waals surface area contributed by atoms with Gasteiger partial charge in [-0.05, 0) is 26.0 Å². The maximum atomic E-state index is 13.6. The number of benzene rings is 2. The molecule has 2 aromatic carbocycles. The maximum Gasteiger partial charge on any atom is 0.261 e. The molecule has 0 aliphatic carbocycles. The topological polar surface area (TPSA) is 51.2 Å². The summed E-state index contributed by atoms with van der Waals surface area (Å²) in [5.74, 6) is -0.752. The van der Waals surface area contributed by atoms with Crippen LogP contribution in [-0.2, 0) is 11.3 Å². The Morgan fingerprint density at radius 3 is 2.69 bits per heavy atom. The fourth-order valence-electron chi connectivity index (χ4n) is 2.32. The molecule has 0 saturated carbocycles. The minimum Gasteiger partial charge on any atom is -0.478 e. The van der Waals surface area contributed by atoms with Gasteiger partial charge in [0.05, 0.1) is 12.2 Å². The average Bonchev–Trinajstić information content (AvgIpc) is 3.11. The highest BCUT2D eigenvalue weighted by Crippen LogP contribution is 2.24. The lowest BCUT2D eigenvalue weighted by Crippen LogP contribution is -2.36. The minimum absolute atomic E-state index is 0.0606. The number of halogens is 1. The summed E-state index contributed by atoms with van der Waals surface area (Å²) in [4.78, 5) is 16.7. The van der Waals surface area contributed by atoms with Crippen molar-refractivity contribution in [2.45, 2.75) is 26.5 Å². The Hall–Kier alpha value is -2.73. The molecule has 0 radical (unpaired) electrons. The zero-order valence-electron chi connectivity index (χ0n) is 14.5. The van der Waals surface area contributed by atoms with Gasteiger partial charge in [0, 0.05) is 10.9 Å². The molecule has 0 unspecified atom stereocenters. The summed E-state index contributed by atoms with van der Waals surface area (Å²) in [6.45, 7) is 3.92. The lowest BCUT2D eigenvalue weighted by Gasteiger charge is -2.14. The van der Waals surface area contributed by atoms with E-state index in [4.69, 9.17) is 4.74 Å². The van der Waals surface area contributed by atoms with E-state index in [1.54, 1.807) is 19.1 Å². The Bertz CT molecular complexity index is 893. The third-order valence-electron chi connectivity index (χ3n) is 3.80. The van der Waals surface area contributed by atoms with Crippen molar-refractivity contribution in [3.8, 4) is 16.3 Å². The number of hydrogen-bond donors (Lipinski definition) is 1. The molecule has 6 heteroatoms. The summed E-state index contributed by atoms with van der Waals surface area (Å²) >= 11 is 1.53. The highest BCUT2D eigenvalue weighted by molar-refractivity contribution is 7.13. The highest BCUT2D eigenvalue weighted by atomic mass is 32.1. The van der Waals surface area contributed by atoms with E-state index in [2.05, 4.69) is 10.3 Å². The number of para-hydroxylation sites is 1. The second-order valence-corrected chi connectivity index (χ2v) is 6.78. The molecule has 0 fully saturated rings. The molecule has 1 amide bonds. The van der Waals surface area contributed by atoms with Gasteiger partial charge in [0.1, 0.15) is 5.01 Å². The number of aryl methyl sites for hydroxylation is 1. The van der Waals surface area contributed by atoms with Crippen LogP contribution in [0.1, 0.15) is 18.2 Å². The molecule has 3 rings (SSSR count). The summed E-state index contributed by atoms with van der Waals surface area (Å²) < 4.78 is 19.0. The third-order valence-corrected chi connectivity index (χ3v) is 4.74. The first-order valence-electron chi connectivity index (χ1n) is 8.23. The molecule has 1 N–H and O–H groups in total. The zero-order chi connectivity index (χ0) is 18.5. The van der Waals surface area contributed by atoms with Crippen molar-refractivity contribution in [3.05, 3.63) is 71.0 Å². The highest BCUT2D eigenvalue weighted by Gasteiger charge is 2.16. The van der Waals surface area contributed by atoms with Crippen LogP contribution in [0.5, 0.6) is 5.75 Å². The van der Waals surface area contributed by atoms with Gasteiger partial charge in [-0.2, -0.15) is 0 Å². The Labute approximate surface area is 155 Å². The van der Waals surface area contributed by atoms with E-state index in [1.807, 2.05) is 36.6 Å². The predicted octanol–water partition coefficient (Wildman–Crippen LogP) is 4.34. The summed E-state index contributed by atoms with van der Waals surface area (Å²) in [6, 6.07) is 14.2. The van der Waals surface area contributed by atoms with Gasteiger partial charge in [0.15, 0.2) is 17.7 Å². The van der Waals surface area contributed by atoms with Crippen molar-refractivity contribution >= 4 is 17.2 Å². The fraction of sp³-hybridized carbons (Fsp3) is 0.200. The summed E-state index contributed by atoms with van der Waals surface area (Å²) in [6.07, 6.45) is -0.804. The molecule has 0 spiro atoms. The Kier molecular flexibility index (Phi) is 5.63. The van der Waals surface area contributed by atoms with Crippen molar-refractivity contribution in [1.82, 2.24) is 10.3 Å². The number of carbonyl (C=O) groups excluding carboxylic acids is 1. The summed E-state index contributed by atoms with van der Waals surface area (Å²) in [5, 5.41) is 5.59. The van der Waals surface area contributed by atoms with Crippen LogP contribution in [0.3, 0.4) is 0 Å². The number of rotatable bonds is 6. The molecule has 1 atom stereocenters. The first kappa shape index (κ1) is 18.1. The van der Waals surface area contributed by atoms with Crippen molar-refractivity contribution < 1.29 is 13.9 Å². The molecule has 0 aliphatic rings. The van der Waals surface area contributed by atoms with E-state index >= 15 is 0 Å². The molecule has 0 saturated heterocycles. The SMILES string of the molecule is Cc1ccc(-c2nc(CNC(=O)[C@@H](C)Oc3ccccc3F)cs2)cc1. The monoisotopic (exact) mass is 370 g/mol. The molecule has 1 aromatic heterocycles. The van der Waals surface area contributed by atoms with Crippen molar-refractivity contribution in [2.75, 3.05) is 0 Å². The van der Waals surface area contributed by atoms with Crippen LogP contribution in [0.25, 0.3) is 10.6 Å². The number of aromatic nitrogens is 1. The van der Waals surface area contributed by atoms with Gasteiger partial charge in [-0.3, -0.25) is 4.79 Å². The average molecular weight is 370 g/mol. The van der Waals surface area contributed by atoms with Crippen LogP contribution in [0, 0.1) is 12.7 Å². The van der Waals surface area contributed by atoms with Crippen LogP contribution >= 0.6 is 11.3 Å². The molecule has 26 heavy (non-hydrogen) atoms. The van der Waals surface area contributed by atoms with E-state index in [1.165, 1.54) is 29.0 Å². The Morgan fingerprint density at radius 2 is 1.96 bits per heavy atom. The number of hydrogen-bond acceptors (Lipinski definition) is 4. The molecule has 1 heterocycles. The standard InChI is InChI=1S/C20H19FN2O2S/c1-13-7-9-15(10-8-13)20-23-16(12-26-20)11-22-19(24)14(2)25-18-6-4-3-5-17(18)21/h3-10,12,14H,11H2,1-2H3,(H,22,24)/t14-/m1/s1. The quantitative estimate of drug-likeness (QED) is 0.702. The van der Waals surface area contributed by atoms with Crippen LogP contribution in [0.2, 0.25) is 0 Å². The first-order valence-corrected chi connectivity index (χ1v) is 9.11. The second-order valence-electron chi connectivity index (χ2n) is 5.92. The maximum absolute atomic E-state index is 13.6. The number of amides is 1. The fourth-order valence-corrected chi connectivity index (χ4v) is 3.15. The Balaban J connectivity index is 1.56. The van der Waals surface area contributed by atoms with Gasteiger partial charge in [-0.25, -0.2) is 9.37 Å². The van der Waals surface area contributed by atoms with Gasteiger partial charge in [-0.15, -0.1) is 11.3 Å². The third kappa shape index (κ3) is 4.46. The van der Waals surface area contributed by atoms with Crippen molar-refractivity contribution in [1.29, 1.82) is 0 Å². The molecule has 4 nitrogen and oxygen atoms in total. The van der Waals surface area contributed by atoms with Crippen molar-refractivity contribution in [2.24, 2.45) is 0 Å². The molecule has 0 aliphatic heterocycles. The van der Waals surface area contributed by atoms with Crippen LogP contribution in [-0.4, -0.2) is 17.0 Å². The van der Waals surface area contributed by atoms with Gasteiger partial charge < -0.3 is 10.1 Å². The minimum atomic E-state index is -0.804. The van der Waals surface area contributed by atoms with E-state index < -0.39 is 11.9 Å². The van der Waals surface area contributed by atoms with E-state index in [0.29, 0.717) is 6.54 Å². The number of nitrogens with zero attached hydrogens (tertiary/aromatic N) is 1. The van der Waals surface area contributed by atoms with Gasteiger partial charge in [0.25, 0.3) is 5.91 Å². The molecular weight excluding hydrogens is 351 g/mol. The van der Waals surface area contributed by atoms with Gasteiger partial charge in [-0.1, -0.05) is 42.0 Å². The van der Waals surface area contributed by atoms with Gasteiger partial charge in [0.2, 0.25) is 0 Å². The summed E-state index contributed by atoms with van der Waals surface area (Å²) in [7, 11) is 0. The lowest BCUT2D eigenvalue weighted by molar-refractivity contribution is -0.127. The number of carbonyl (C=O) groups is 1. The number of ether oxygens (including phenoxy) is 1. The van der Waals surface area contributed by atoms with Gasteiger partial charge >= 0.3 is 0 Å². The number of thiazole rings is 1. The largest absolute Gasteiger partial charge is 0.478 e. The second kappa shape index (κ2) is 8.10. The zero-order valence-corrected chi connectivity index (χ0v) is 15.3. The van der Waals surface area contributed by atoms with E-state index in [0.717, 1.165) is 16.3 Å². The number of nitrogens with one attached hydrogen (secondary N) is 1. The van der Waals surface area contributed by atoms with E-state index in [-0.39, 0.29) is 11.7 Å². The van der Waals surface area contributed by atoms with Crippen LogP contribution in [0.15, 0.2) is 53.9 Å². The first-order chi connectivity index (χ1) is 12.5. The molecule has 134 valence electrons. The van der Waals surface area contributed by atoms with Crippen molar-refractivity contribution in [3.63, 3.8) is 0 Å². The van der Waals surface area contributed by atoms with Crippen LogP contribution < -0.4 is 10.1 Å². The normalized spacial score (nSPS) is 11.8. The molecule has 3 aromatic rings. The molecule has 0 bridgehead atoms. The van der Waals surface area contributed by atoms with E-state index in [9.17, 15) is 9.18 Å². The smallest absolute Gasteiger partial charge is 0.261 e. The molecular formula is C20H19FN2O2S.